The predicted molar refractivity (Wildman–Crippen MR) is 71.3 cm³/mol. The molecule has 82 valence electrons. The molecule has 16 heavy (non-hydrogen) atoms. The minimum absolute atomic E-state index is 0.594. The lowest BCUT2D eigenvalue weighted by atomic mass is 10.2. The van der Waals surface area contributed by atoms with Crippen LogP contribution in [0.15, 0.2) is 64.7 Å². The molecule has 1 rings (SSSR count). The van der Waals surface area contributed by atoms with E-state index in [4.69, 9.17) is 11.6 Å². The molecule has 0 atom stereocenters. The van der Waals surface area contributed by atoms with Crippen LogP contribution in [0.25, 0.3) is 0 Å². The number of halogens is 1. The molecule has 0 spiro atoms. The van der Waals surface area contributed by atoms with Gasteiger partial charge in [0.15, 0.2) is 5.84 Å². The number of rotatable bonds is 3. The molecule has 0 aliphatic heterocycles. The van der Waals surface area contributed by atoms with Gasteiger partial charge >= 0.3 is 0 Å². The van der Waals surface area contributed by atoms with E-state index in [0.29, 0.717) is 5.84 Å². The molecule has 0 fully saturated rings. The molecule has 0 saturated carbocycles. The molecule has 3 heteroatoms. The summed E-state index contributed by atoms with van der Waals surface area (Å²) in [6.07, 6.45) is 7.36. The first-order valence-corrected chi connectivity index (χ1v) is 5.36. The fraction of sp³-hybridized carbons (Fsp3) is 0.0769. The van der Waals surface area contributed by atoms with E-state index in [1.807, 2.05) is 55.5 Å². The largest absolute Gasteiger partial charge is 0.237 e. The number of benzene rings is 1. The molecule has 0 aliphatic carbocycles. The molecule has 0 amide bonds. The summed E-state index contributed by atoms with van der Waals surface area (Å²) in [6, 6.07) is 9.69. The van der Waals surface area contributed by atoms with Crippen molar-refractivity contribution in [3.8, 4) is 0 Å². The van der Waals surface area contributed by atoms with E-state index in [2.05, 4.69) is 9.98 Å². The molecule has 0 aromatic heterocycles. The van der Waals surface area contributed by atoms with E-state index in [1.54, 1.807) is 6.20 Å². The van der Waals surface area contributed by atoms with Crippen LogP contribution in [-0.4, -0.2) is 11.5 Å². The number of hydrogen-bond donors (Lipinski definition) is 0. The Balaban J connectivity index is 2.92. The van der Waals surface area contributed by atoms with Crippen molar-refractivity contribution >= 4 is 23.1 Å². The lowest BCUT2D eigenvalue weighted by Crippen LogP contribution is -1.95. The predicted octanol–water partition coefficient (Wildman–Crippen LogP) is 3.79. The molecular weight excluding hydrogens is 220 g/mol. The van der Waals surface area contributed by atoms with Gasteiger partial charge in [-0.25, -0.2) is 9.98 Å². The Labute approximate surface area is 101 Å². The lowest BCUT2D eigenvalue weighted by Gasteiger charge is -1.97. The molecule has 1 aromatic rings. The van der Waals surface area contributed by atoms with Gasteiger partial charge in [0.05, 0.1) is 5.67 Å². The summed E-state index contributed by atoms with van der Waals surface area (Å²) < 4.78 is 0. The van der Waals surface area contributed by atoms with Crippen molar-refractivity contribution in [1.29, 1.82) is 0 Å². The highest BCUT2D eigenvalue weighted by atomic mass is 35.5. The van der Waals surface area contributed by atoms with Crippen molar-refractivity contribution < 1.29 is 0 Å². The summed E-state index contributed by atoms with van der Waals surface area (Å²) >= 11 is 5.48. The summed E-state index contributed by atoms with van der Waals surface area (Å²) in [6.45, 7) is 1.95. The third-order valence-corrected chi connectivity index (χ3v) is 1.89. The van der Waals surface area contributed by atoms with Crippen LogP contribution in [0.4, 0.5) is 0 Å². The van der Waals surface area contributed by atoms with Crippen LogP contribution < -0.4 is 0 Å². The Morgan fingerprint density at radius 1 is 1.19 bits per heavy atom. The zero-order chi connectivity index (χ0) is 11.6. The van der Waals surface area contributed by atoms with Gasteiger partial charge in [0.1, 0.15) is 0 Å². The Morgan fingerprint density at radius 3 is 2.56 bits per heavy atom. The fourth-order valence-corrected chi connectivity index (χ4v) is 1.18. The second-order valence-electron chi connectivity index (χ2n) is 2.91. The van der Waals surface area contributed by atoms with Crippen LogP contribution in [0.5, 0.6) is 0 Å². The van der Waals surface area contributed by atoms with Crippen LogP contribution in [-0.2, 0) is 0 Å². The van der Waals surface area contributed by atoms with Crippen LogP contribution in [0, 0.1) is 0 Å². The molecule has 2 nitrogen and oxygen atoms in total. The van der Waals surface area contributed by atoms with Gasteiger partial charge in [-0.3, -0.25) is 0 Å². The molecule has 0 aliphatic rings. The van der Waals surface area contributed by atoms with Gasteiger partial charge < -0.3 is 0 Å². The molecular formula is C13H13ClN2. The SMILES string of the molecule is C\C=C/C=C\N=C(/N=C/Cl)c1ccccc1. The molecule has 0 unspecified atom stereocenters. The highest BCUT2D eigenvalue weighted by Crippen LogP contribution is 2.03. The minimum atomic E-state index is 0.594. The normalized spacial score (nSPS) is 13.2. The van der Waals surface area contributed by atoms with Crippen molar-refractivity contribution in [2.24, 2.45) is 9.98 Å². The maximum Gasteiger partial charge on any atom is 0.160 e. The van der Waals surface area contributed by atoms with Gasteiger partial charge in [-0.1, -0.05) is 54.1 Å². The van der Waals surface area contributed by atoms with Crippen molar-refractivity contribution in [3.05, 3.63) is 60.3 Å². The average Bonchev–Trinajstić information content (AvgIpc) is 2.34. The summed E-state index contributed by atoms with van der Waals surface area (Å²) in [5.74, 6) is 0.594. The zero-order valence-corrected chi connectivity index (χ0v) is 9.80. The number of nitrogens with zero attached hydrogens (tertiary/aromatic N) is 2. The number of allylic oxidation sites excluding steroid dienone is 3. The monoisotopic (exact) mass is 232 g/mol. The van der Waals surface area contributed by atoms with E-state index >= 15 is 0 Å². The van der Waals surface area contributed by atoms with E-state index in [1.165, 1.54) is 5.67 Å². The Hall–Kier alpha value is -1.67. The van der Waals surface area contributed by atoms with Crippen molar-refractivity contribution in [1.82, 2.24) is 0 Å². The first-order chi connectivity index (χ1) is 7.88. The van der Waals surface area contributed by atoms with Crippen LogP contribution in [0.1, 0.15) is 12.5 Å². The summed E-state index contributed by atoms with van der Waals surface area (Å²) in [7, 11) is 0. The minimum Gasteiger partial charge on any atom is -0.237 e. The van der Waals surface area contributed by atoms with Gasteiger partial charge in [0.25, 0.3) is 0 Å². The number of hydrogen-bond acceptors (Lipinski definition) is 1. The van der Waals surface area contributed by atoms with Crippen molar-refractivity contribution in [2.45, 2.75) is 6.92 Å². The first-order valence-electron chi connectivity index (χ1n) is 4.92. The molecule has 0 saturated heterocycles. The van der Waals surface area contributed by atoms with Crippen LogP contribution in [0.3, 0.4) is 0 Å². The molecule has 0 heterocycles. The van der Waals surface area contributed by atoms with Gasteiger partial charge in [0, 0.05) is 11.8 Å². The van der Waals surface area contributed by atoms with E-state index in [-0.39, 0.29) is 0 Å². The highest BCUT2D eigenvalue weighted by molar-refractivity contribution is 6.57. The van der Waals surface area contributed by atoms with Gasteiger partial charge in [-0.2, -0.15) is 0 Å². The third kappa shape index (κ3) is 4.24. The van der Waals surface area contributed by atoms with Crippen LogP contribution in [0.2, 0.25) is 0 Å². The second-order valence-corrected chi connectivity index (χ2v) is 3.11. The summed E-state index contributed by atoms with van der Waals surface area (Å²) in [5, 5.41) is 0. The average molecular weight is 233 g/mol. The third-order valence-electron chi connectivity index (χ3n) is 1.79. The standard InChI is InChI=1S/C13H13ClN2/c1-2-3-7-10-15-13(16-11-14)12-8-5-4-6-9-12/h2-11H,1H3/b3-2-,10-7-,15-13-,16-11+. The fourth-order valence-electron chi connectivity index (χ4n) is 1.09. The van der Waals surface area contributed by atoms with Crippen LogP contribution >= 0.6 is 11.6 Å². The molecule has 1 aromatic carbocycles. The van der Waals surface area contributed by atoms with E-state index in [0.717, 1.165) is 5.56 Å². The lowest BCUT2D eigenvalue weighted by molar-refractivity contribution is 1.47. The van der Waals surface area contributed by atoms with Crippen molar-refractivity contribution in [3.63, 3.8) is 0 Å². The summed E-state index contributed by atoms with van der Waals surface area (Å²) in [5.41, 5.74) is 2.15. The molecule has 0 N–H and O–H groups in total. The van der Waals surface area contributed by atoms with E-state index < -0.39 is 0 Å². The van der Waals surface area contributed by atoms with Crippen molar-refractivity contribution in [2.75, 3.05) is 0 Å². The maximum atomic E-state index is 5.48. The molecule has 0 bridgehead atoms. The maximum absolute atomic E-state index is 5.48. The second kappa shape index (κ2) is 7.60. The zero-order valence-electron chi connectivity index (χ0n) is 9.05. The Bertz CT molecular complexity index is 417. The molecule has 0 radical (unpaired) electrons. The Kier molecular flexibility index (Phi) is 5.89. The van der Waals surface area contributed by atoms with E-state index in [9.17, 15) is 0 Å². The highest BCUT2D eigenvalue weighted by Gasteiger charge is 1.97. The quantitative estimate of drug-likeness (QED) is 0.430. The topological polar surface area (TPSA) is 24.7 Å². The number of aliphatic imine (C=N–C) groups is 2. The van der Waals surface area contributed by atoms with Gasteiger partial charge in [-0.05, 0) is 13.0 Å². The Morgan fingerprint density at radius 2 is 1.94 bits per heavy atom. The van der Waals surface area contributed by atoms with Gasteiger partial charge in [0.2, 0.25) is 0 Å². The van der Waals surface area contributed by atoms with Gasteiger partial charge in [-0.15, -0.1) is 0 Å². The summed E-state index contributed by atoms with van der Waals surface area (Å²) in [4.78, 5) is 8.23. The smallest absolute Gasteiger partial charge is 0.160 e. The number of amidine groups is 1. The first kappa shape index (κ1) is 12.4.